The lowest BCUT2D eigenvalue weighted by atomic mass is 10.2. The second kappa shape index (κ2) is 5.48. The molecule has 1 saturated heterocycles. The number of nitrogens with zero attached hydrogens (tertiary/aromatic N) is 1. The van der Waals surface area contributed by atoms with Gasteiger partial charge in [0.15, 0.2) is 0 Å². The van der Waals surface area contributed by atoms with Gasteiger partial charge < -0.3 is 15.3 Å². The first-order chi connectivity index (χ1) is 7.56. The average Bonchev–Trinajstić information content (AvgIpc) is 2.60. The van der Waals surface area contributed by atoms with Gasteiger partial charge in [0.2, 0.25) is 11.8 Å². The Labute approximate surface area is 93.6 Å². The summed E-state index contributed by atoms with van der Waals surface area (Å²) < 4.78 is 0. The molecule has 0 radical (unpaired) electrons. The van der Waals surface area contributed by atoms with Crippen molar-refractivity contribution in [2.24, 2.45) is 0 Å². The molecule has 0 saturated carbocycles. The van der Waals surface area contributed by atoms with Crippen LogP contribution in [0.15, 0.2) is 0 Å². The minimum Gasteiger partial charge on any atom is -0.480 e. The summed E-state index contributed by atoms with van der Waals surface area (Å²) in [7, 11) is 1.55. The minimum absolute atomic E-state index is 0.0986. The Morgan fingerprint density at radius 1 is 1.56 bits per heavy atom. The summed E-state index contributed by atoms with van der Waals surface area (Å²) in [4.78, 5) is 34.5. The van der Waals surface area contributed by atoms with Gasteiger partial charge in [-0.3, -0.25) is 9.59 Å². The molecular formula is C10H16N2O4. The molecule has 6 heteroatoms. The lowest BCUT2D eigenvalue weighted by Crippen LogP contribution is -2.39. The fraction of sp³-hybridized carbons (Fsp3) is 0.700. The highest BCUT2D eigenvalue weighted by Crippen LogP contribution is 2.19. The summed E-state index contributed by atoms with van der Waals surface area (Å²) >= 11 is 0. The van der Waals surface area contributed by atoms with E-state index >= 15 is 0 Å². The molecule has 1 fully saturated rings. The van der Waals surface area contributed by atoms with E-state index in [9.17, 15) is 14.4 Å². The number of hydrogen-bond acceptors (Lipinski definition) is 3. The molecular weight excluding hydrogens is 212 g/mol. The third-order valence-corrected chi connectivity index (χ3v) is 2.69. The van der Waals surface area contributed by atoms with E-state index in [2.05, 4.69) is 5.32 Å². The SMILES string of the molecule is CNC(=O)CCCN1C(=O)CCC1C(=O)O. The lowest BCUT2D eigenvalue weighted by Gasteiger charge is -2.21. The van der Waals surface area contributed by atoms with Crippen LogP contribution in [0.1, 0.15) is 25.7 Å². The van der Waals surface area contributed by atoms with E-state index in [1.165, 1.54) is 4.90 Å². The second-order valence-corrected chi connectivity index (χ2v) is 3.76. The van der Waals surface area contributed by atoms with Gasteiger partial charge >= 0.3 is 5.97 Å². The number of nitrogens with one attached hydrogen (secondary N) is 1. The number of amides is 2. The second-order valence-electron chi connectivity index (χ2n) is 3.76. The Hall–Kier alpha value is -1.59. The zero-order valence-corrected chi connectivity index (χ0v) is 9.23. The van der Waals surface area contributed by atoms with Crippen LogP contribution in [0.5, 0.6) is 0 Å². The zero-order chi connectivity index (χ0) is 12.1. The Morgan fingerprint density at radius 2 is 2.25 bits per heavy atom. The smallest absolute Gasteiger partial charge is 0.326 e. The van der Waals surface area contributed by atoms with Crippen molar-refractivity contribution in [3.05, 3.63) is 0 Å². The predicted octanol–water partition coefficient (Wildman–Crippen LogP) is -0.412. The highest BCUT2D eigenvalue weighted by Gasteiger charge is 2.35. The number of hydrogen-bond donors (Lipinski definition) is 2. The van der Waals surface area contributed by atoms with E-state index in [0.717, 1.165) is 0 Å². The summed E-state index contributed by atoms with van der Waals surface area (Å²) in [6.07, 6.45) is 1.47. The maximum Gasteiger partial charge on any atom is 0.326 e. The molecule has 0 aromatic rings. The van der Waals surface area contributed by atoms with E-state index in [1.807, 2.05) is 0 Å². The molecule has 1 atom stereocenters. The number of carbonyl (C=O) groups excluding carboxylic acids is 2. The minimum atomic E-state index is -0.967. The van der Waals surface area contributed by atoms with Gasteiger partial charge in [0, 0.05) is 26.4 Å². The largest absolute Gasteiger partial charge is 0.480 e. The highest BCUT2D eigenvalue weighted by molar-refractivity contribution is 5.87. The first-order valence-electron chi connectivity index (χ1n) is 5.29. The van der Waals surface area contributed by atoms with E-state index in [0.29, 0.717) is 25.8 Å². The van der Waals surface area contributed by atoms with Crippen LogP contribution in [0.4, 0.5) is 0 Å². The van der Waals surface area contributed by atoms with Crippen molar-refractivity contribution >= 4 is 17.8 Å². The molecule has 0 spiro atoms. The van der Waals surface area contributed by atoms with Crippen molar-refractivity contribution in [1.82, 2.24) is 10.2 Å². The fourth-order valence-corrected chi connectivity index (χ4v) is 1.81. The van der Waals surface area contributed by atoms with E-state index in [4.69, 9.17) is 5.11 Å². The quantitative estimate of drug-likeness (QED) is 0.669. The monoisotopic (exact) mass is 228 g/mol. The Morgan fingerprint density at radius 3 is 2.81 bits per heavy atom. The molecule has 1 heterocycles. The van der Waals surface area contributed by atoms with Crippen LogP contribution in [0, 0.1) is 0 Å². The van der Waals surface area contributed by atoms with Gasteiger partial charge in [-0.2, -0.15) is 0 Å². The van der Waals surface area contributed by atoms with Crippen molar-refractivity contribution in [2.75, 3.05) is 13.6 Å². The number of carboxylic acid groups (broad SMARTS) is 1. The third-order valence-electron chi connectivity index (χ3n) is 2.69. The summed E-state index contributed by atoms with van der Waals surface area (Å²) in [6.45, 7) is 0.337. The van der Waals surface area contributed by atoms with Crippen molar-refractivity contribution in [1.29, 1.82) is 0 Å². The molecule has 1 aliphatic rings. The summed E-state index contributed by atoms with van der Waals surface area (Å²) in [5, 5.41) is 11.4. The summed E-state index contributed by atoms with van der Waals surface area (Å²) in [5.41, 5.74) is 0. The predicted molar refractivity (Wildman–Crippen MR) is 55.7 cm³/mol. The number of rotatable bonds is 5. The fourth-order valence-electron chi connectivity index (χ4n) is 1.81. The van der Waals surface area contributed by atoms with Crippen molar-refractivity contribution in [3.8, 4) is 0 Å². The Kier molecular flexibility index (Phi) is 4.28. The molecule has 16 heavy (non-hydrogen) atoms. The molecule has 1 rings (SSSR count). The molecule has 0 aromatic heterocycles. The number of aliphatic carboxylic acids is 1. The average molecular weight is 228 g/mol. The highest BCUT2D eigenvalue weighted by atomic mass is 16.4. The molecule has 0 aromatic carbocycles. The van der Waals surface area contributed by atoms with Crippen LogP contribution in [0.2, 0.25) is 0 Å². The van der Waals surface area contributed by atoms with Crippen molar-refractivity contribution < 1.29 is 19.5 Å². The summed E-state index contributed by atoms with van der Waals surface area (Å²) in [5.74, 6) is -1.20. The van der Waals surface area contributed by atoms with Gasteiger partial charge in [-0.25, -0.2) is 4.79 Å². The van der Waals surface area contributed by atoms with Crippen molar-refractivity contribution in [2.45, 2.75) is 31.7 Å². The Balaban J connectivity index is 2.41. The van der Waals surface area contributed by atoms with E-state index in [-0.39, 0.29) is 18.2 Å². The van der Waals surface area contributed by atoms with E-state index < -0.39 is 12.0 Å². The van der Waals surface area contributed by atoms with Gasteiger partial charge in [0.05, 0.1) is 0 Å². The molecule has 90 valence electrons. The standard InChI is InChI=1S/C10H16N2O4/c1-11-8(13)3-2-6-12-7(10(15)16)4-5-9(12)14/h7H,2-6H2,1H3,(H,11,13)(H,15,16). The number of carbonyl (C=O) groups is 3. The number of likely N-dealkylation sites (tertiary alicyclic amines) is 1. The van der Waals surface area contributed by atoms with Crippen LogP contribution in [-0.2, 0) is 14.4 Å². The molecule has 1 unspecified atom stereocenters. The summed E-state index contributed by atoms with van der Waals surface area (Å²) in [6, 6.07) is -0.711. The van der Waals surface area contributed by atoms with Crippen LogP contribution >= 0.6 is 0 Å². The zero-order valence-electron chi connectivity index (χ0n) is 9.23. The third kappa shape index (κ3) is 2.95. The van der Waals surface area contributed by atoms with Gasteiger partial charge in [-0.1, -0.05) is 0 Å². The van der Waals surface area contributed by atoms with Gasteiger partial charge in [0.1, 0.15) is 6.04 Å². The van der Waals surface area contributed by atoms with Gasteiger partial charge in [-0.05, 0) is 12.8 Å². The first kappa shape index (κ1) is 12.5. The van der Waals surface area contributed by atoms with Crippen LogP contribution in [0.25, 0.3) is 0 Å². The van der Waals surface area contributed by atoms with Gasteiger partial charge in [-0.15, -0.1) is 0 Å². The molecule has 0 aliphatic carbocycles. The molecule has 2 N–H and O–H groups in total. The maximum absolute atomic E-state index is 11.4. The normalized spacial score (nSPS) is 19.9. The van der Waals surface area contributed by atoms with Crippen LogP contribution in [-0.4, -0.2) is 47.4 Å². The number of carboxylic acids is 1. The lowest BCUT2D eigenvalue weighted by molar-refractivity contribution is -0.146. The molecule has 2 amide bonds. The van der Waals surface area contributed by atoms with Crippen LogP contribution < -0.4 is 5.32 Å². The van der Waals surface area contributed by atoms with Gasteiger partial charge in [0.25, 0.3) is 0 Å². The molecule has 0 bridgehead atoms. The first-order valence-corrected chi connectivity index (χ1v) is 5.29. The molecule has 6 nitrogen and oxygen atoms in total. The Bertz CT molecular complexity index is 303. The van der Waals surface area contributed by atoms with Crippen molar-refractivity contribution in [3.63, 3.8) is 0 Å². The van der Waals surface area contributed by atoms with E-state index in [1.54, 1.807) is 7.05 Å². The topological polar surface area (TPSA) is 86.7 Å². The molecule has 1 aliphatic heterocycles. The van der Waals surface area contributed by atoms with Crippen LogP contribution in [0.3, 0.4) is 0 Å². The maximum atomic E-state index is 11.4.